The number of carboxylic acid groups (broad SMARTS) is 1. The molecule has 0 spiro atoms. The molecule has 0 bridgehead atoms. The monoisotopic (exact) mass is 299 g/mol. The molecule has 0 saturated carbocycles. The number of hydrogen-bond acceptors (Lipinski definition) is 3. The van der Waals surface area contributed by atoms with Crippen LogP contribution in [-0.4, -0.2) is 66.0 Å². The number of carboxylic acids is 1. The van der Waals surface area contributed by atoms with E-state index in [0.717, 1.165) is 6.42 Å². The van der Waals surface area contributed by atoms with E-state index in [1.807, 2.05) is 6.92 Å². The van der Waals surface area contributed by atoms with Gasteiger partial charge >= 0.3 is 12.0 Å². The third-order valence-electron chi connectivity index (χ3n) is 4.03. The number of urea groups is 1. The Morgan fingerprint density at radius 2 is 1.86 bits per heavy atom. The van der Waals surface area contributed by atoms with Gasteiger partial charge in [-0.05, 0) is 26.2 Å². The van der Waals surface area contributed by atoms with Crippen molar-refractivity contribution in [3.05, 3.63) is 0 Å². The average molecular weight is 299 g/mol. The molecule has 0 aromatic heterocycles. The predicted molar refractivity (Wildman–Crippen MR) is 77.9 cm³/mol. The first-order valence-electron chi connectivity index (χ1n) is 7.32. The fraction of sp³-hybridized carbons (Fsp3) is 0.786. The highest BCUT2D eigenvalue weighted by molar-refractivity contribution is 5.84. The fourth-order valence-corrected chi connectivity index (χ4v) is 2.37. The van der Waals surface area contributed by atoms with Crippen molar-refractivity contribution in [2.24, 2.45) is 5.41 Å². The van der Waals surface area contributed by atoms with Gasteiger partial charge in [0, 0.05) is 26.7 Å². The lowest BCUT2D eigenvalue weighted by Gasteiger charge is -2.38. The molecule has 0 atom stereocenters. The summed E-state index contributed by atoms with van der Waals surface area (Å²) in [7, 11) is 1.54. The molecular formula is C14H25N3O4. The number of likely N-dealkylation sites (tertiary alicyclic amines) is 1. The minimum atomic E-state index is -0.814. The molecule has 0 radical (unpaired) electrons. The Bertz CT molecular complexity index is 403. The van der Waals surface area contributed by atoms with Crippen LogP contribution in [0.4, 0.5) is 4.79 Å². The van der Waals surface area contributed by atoms with E-state index in [0.29, 0.717) is 32.5 Å². The van der Waals surface area contributed by atoms with E-state index in [1.165, 1.54) is 11.9 Å². The van der Waals surface area contributed by atoms with Gasteiger partial charge in [0.05, 0.1) is 5.41 Å². The number of piperidine rings is 1. The molecule has 1 rings (SSSR count). The van der Waals surface area contributed by atoms with Gasteiger partial charge in [-0.3, -0.25) is 9.59 Å². The summed E-state index contributed by atoms with van der Waals surface area (Å²) in [5, 5.41) is 11.7. The summed E-state index contributed by atoms with van der Waals surface area (Å²) in [6.45, 7) is 5.04. The first-order valence-corrected chi connectivity index (χ1v) is 7.32. The van der Waals surface area contributed by atoms with E-state index in [4.69, 9.17) is 0 Å². The Labute approximate surface area is 125 Å². The summed E-state index contributed by atoms with van der Waals surface area (Å²) in [4.78, 5) is 38.3. The largest absolute Gasteiger partial charge is 0.481 e. The molecule has 1 aliphatic heterocycles. The van der Waals surface area contributed by atoms with E-state index in [9.17, 15) is 19.5 Å². The number of amides is 3. The van der Waals surface area contributed by atoms with Crippen molar-refractivity contribution in [1.82, 2.24) is 15.1 Å². The zero-order chi connectivity index (χ0) is 16.0. The number of carbonyl (C=O) groups excluding carboxylic acids is 2. The molecule has 7 nitrogen and oxygen atoms in total. The van der Waals surface area contributed by atoms with Crippen molar-refractivity contribution in [1.29, 1.82) is 0 Å². The Balaban J connectivity index is 2.65. The molecule has 1 saturated heterocycles. The Morgan fingerprint density at radius 1 is 1.29 bits per heavy atom. The highest BCUT2D eigenvalue weighted by Gasteiger charge is 2.38. The second kappa shape index (κ2) is 7.28. The van der Waals surface area contributed by atoms with Gasteiger partial charge in [0.15, 0.2) is 0 Å². The Hall–Kier alpha value is -1.79. The van der Waals surface area contributed by atoms with E-state index in [2.05, 4.69) is 5.32 Å². The van der Waals surface area contributed by atoms with E-state index < -0.39 is 11.4 Å². The zero-order valence-electron chi connectivity index (χ0n) is 13.0. The van der Waals surface area contributed by atoms with Crippen LogP contribution in [0.3, 0.4) is 0 Å². The Kier molecular flexibility index (Phi) is 5.99. The van der Waals surface area contributed by atoms with Gasteiger partial charge in [0.25, 0.3) is 0 Å². The van der Waals surface area contributed by atoms with Crippen LogP contribution in [0.15, 0.2) is 0 Å². The van der Waals surface area contributed by atoms with Crippen molar-refractivity contribution >= 4 is 17.9 Å². The molecule has 1 aliphatic rings. The molecular weight excluding hydrogens is 274 g/mol. The number of aliphatic carboxylic acids is 1. The second-order valence-electron chi connectivity index (χ2n) is 5.73. The molecule has 0 aromatic rings. The van der Waals surface area contributed by atoms with Gasteiger partial charge in [0.2, 0.25) is 5.91 Å². The van der Waals surface area contributed by atoms with E-state index >= 15 is 0 Å². The lowest BCUT2D eigenvalue weighted by Crippen LogP contribution is -2.52. The van der Waals surface area contributed by atoms with Crippen LogP contribution in [0.1, 0.15) is 33.1 Å². The summed E-state index contributed by atoms with van der Waals surface area (Å²) in [6.07, 6.45) is 1.64. The van der Waals surface area contributed by atoms with Gasteiger partial charge < -0.3 is 20.2 Å². The molecule has 0 unspecified atom stereocenters. The first kappa shape index (κ1) is 17.3. The molecule has 1 fully saturated rings. The molecule has 7 heteroatoms. The van der Waals surface area contributed by atoms with Crippen molar-refractivity contribution < 1.29 is 19.5 Å². The van der Waals surface area contributed by atoms with Crippen LogP contribution in [0.2, 0.25) is 0 Å². The van der Waals surface area contributed by atoms with Crippen LogP contribution in [0.25, 0.3) is 0 Å². The maximum Gasteiger partial charge on any atom is 0.320 e. The summed E-state index contributed by atoms with van der Waals surface area (Å²) in [6, 6.07) is -0.187. The zero-order valence-corrected chi connectivity index (χ0v) is 13.0. The predicted octanol–water partition coefficient (Wildman–Crippen LogP) is 0.751. The topological polar surface area (TPSA) is 90.0 Å². The fourth-order valence-electron chi connectivity index (χ4n) is 2.37. The quantitative estimate of drug-likeness (QED) is 0.784. The van der Waals surface area contributed by atoms with Crippen LogP contribution in [0.5, 0.6) is 0 Å². The number of rotatable bonds is 5. The number of nitrogens with zero attached hydrogens (tertiary/aromatic N) is 2. The molecule has 0 aromatic carbocycles. The van der Waals surface area contributed by atoms with Gasteiger partial charge in [-0.15, -0.1) is 0 Å². The SMILES string of the molecule is CCCN(CC(=O)NC)C(=O)N1CCC(C)(C(=O)O)CC1. The normalized spacial score (nSPS) is 17.2. The van der Waals surface area contributed by atoms with Crippen LogP contribution < -0.4 is 5.32 Å². The summed E-state index contributed by atoms with van der Waals surface area (Å²) in [5.41, 5.74) is -0.757. The van der Waals surface area contributed by atoms with Crippen molar-refractivity contribution in [2.45, 2.75) is 33.1 Å². The second-order valence-corrected chi connectivity index (χ2v) is 5.73. The lowest BCUT2D eigenvalue weighted by atomic mass is 9.80. The highest BCUT2D eigenvalue weighted by Crippen LogP contribution is 2.31. The lowest BCUT2D eigenvalue weighted by molar-refractivity contribution is -0.150. The summed E-state index contributed by atoms with van der Waals surface area (Å²) in [5.74, 6) is -1.02. The minimum Gasteiger partial charge on any atom is -0.481 e. The third-order valence-corrected chi connectivity index (χ3v) is 4.03. The number of carbonyl (C=O) groups is 3. The van der Waals surface area contributed by atoms with Crippen molar-refractivity contribution in [2.75, 3.05) is 33.2 Å². The number of nitrogens with one attached hydrogen (secondary N) is 1. The minimum absolute atomic E-state index is 0.0376. The molecule has 3 amide bonds. The van der Waals surface area contributed by atoms with Crippen LogP contribution >= 0.6 is 0 Å². The summed E-state index contributed by atoms with van der Waals surface area (Å²) < 4.78 is 0. The summed E-state index contributed by atoms with van der Waals surface area (Å²) >= 11 is 0. The standard InChI is InChI=1S/C14H25N3O4/c1-4-7-17(10-11(18)15-3)13(21)16-8-5-14(2,6-9-16)12(19)20/h4-10H2,1-3H3,(H,15,18)(H,19,20). The smallest absolute Gasteiger partial charge is 0.320 e. The van der Waals surface area contributed by atoms with Gasteiger partial charge in [-0.1, -0.05) is 6.92 Å². The van der Waals surface area contributed by atoms with Gasteiger partial charge in [-0.2, -0.15) is 0 Å². The maximum atomic E-state index is 12.4. The molecule has 1 heterocycles. The molecule has 0 aliphatic carbocycles. The van der Waals surface area contributed by atoms with Crippen LogP contribution in [-0.2, 0) is 9.59 Å². The van der Waals surface area contributed by atoms with Crippen molar-refractivity contribution in [3.8, 4) is 0 Å². The van der Waals surface area contributed by atoms with Gasteiger partial charge in [0.1, 0.15) is 6.54 Å². The van der Waals surface area contributed by atoms with Gasteiger partial charge in [-0.25, -0.2) is 4.79 Å². The molecule has 2 N–H and O–H groups in total. The Morgan fingerprint density at radius 3 is 2.29 bits per heavy atom. The van der Waals surface area contributed by atoms with E-state index in [1.54, 1.807) is 11.8 Å². The van der Waals surface area contributed by atoms with E-state index in [-0.39, 0.29) is 18.5 Å². The van der Waals surface area contributed by atoms with Crippen LogP contribution in [0, 0.1) is 5.41 Å². The molecule has 21 heavy (non-hydrogen) atoms. The first-order chi connectivity index (χ1) is 9.84. The third kappa shape index (κ3) is 4.34. The number of likely N-dealkylation sites (N-methyl/N-ethyl adjacent to an activating group) is 1. The average Bonchev–Trinajstić information content (AvgIpc) is 2.46. The highest BCUT2D eigenvalue weighted by atomic mass is 16.4. The maximum absolute atomic E-state index is 12.4. The number of hydrogen-bond donors (Lipinski definition) is 2. The van der Waals surface area contributed by atoms with Crippen molar-refractivity contribution in [3.63, 3.8) is 0 Å². The molecule has 120 valence electrons.